The van der Waals surface area contributed by atoms with Gasteiger partial charge in [-0.25, -0.2) is 0 Å². The predicted molar refractivity (Wildman–Crippen MR) is 191 cm³/mol. The fourth-order valence-corrected chi connectivity index (χ4v) is 8.00. The van der Waals surface area contributed by atoms with Crippen molar-refractivity contribution in [3.63, 3.8) is 0 Å². The first-order chi connectivity index (χ1) is 21.3. The Labute approximate surface area is 277 Å². The number of rotatable bonds is 30. The van der Waals surface area contributed by atoms with Crippen LogP contribution in [0.15, 0.2) is 0 Å². The third-order valence-electron chi connectivity index (χ3n) is 9.08. The van der Waals surface area contributed by atoms with E-state index in [0.717, 1.165) is 24.3 Å². The second-order valence-electron chi connectivity index (χ2n) is 13.5. The highest BCUT2D eigenvalue weighted by molar-refractivity contribution is 7.99. The predicted octanol–water partition coefficient (Wildman–Crippen LogP) is 11.6. The summed E-state index contributed by atoms with van der Waals surface area (Å²) >= 11 is 4.12. The molecular weight excluding hydrogens is 573 g/mol. The van der Waals surface area contributed by atoms with Crippen molar-refractivity contribution in [1.82, 2.24) is 0 Å². The zero-order chi connectivity index (χ0) is 30.5. The molecule has 0 N–H and O–H groups in total. The van der Waals surface area contributed by atoms with Gasteiger partial charge < -0.3 is 18.9 Å². The molecule has 6 heteroatoms. The van der Waals surface area contributed by atoms with Gasteiger partial charge in [-0.1, -0.05) is 142 Å². The largest absolute Gasteiger partial charge is 0.352 e. The molecule has 0 bridgehead atoms. The summed E-state index contributed by atoms with van der Waals surface area (Å²) in [5.41, 5.74) is -0.113. The van der Waals surface area contributed by atoms with Crippen molar-refractivity contribution >= 4 is 23.5 Å². The Bertz CT molecular complexity index is 523. The highest BCUT2D eigenvalue weighted by atomic mass is 32.2. The molecule has 2 rings (SSSR count). The molecule has 0 saturated carbocycles. The van der Waals surface area contributed by atoms with E-state index in [4.69, 9.17) is 18.9 Å². The maximum Gasteiger partial charge on any atom is 0.158 e. The SMILES string of the molecule is CCCCCCCCCCCCCSCCC1OCC2(CO1)COC(CCSCCCCCCCCCCCCC)OC2. The number of hydrogen-bond acceptors (Lipinski definition) is 6. The Morgan fingerprint density at radius 3 is 0.977 bits per heavy atom. The van der Waals surface area contributed by atoms with Crippen LogP contribution in [0.1, 0.15) is 168 Å². The Morgan fingerprint density at radius 1 is 0.395 bits per heavy atom. The molecular formula is C37H72O4S2. The smallest absolute Gasteiger partial charge is 0.158 e. The molecule has 256 valence electrons. The van der Waals surface area contributed by atoms with Crippen molar-refractivity contribution in [3.05, 3.63) is 0 Å². The monoisotopic (exact) mass is 644 g/mol. The minimum Gasteiger partial charge on any atom is -0.352 e. The zero-order valence-electron chi connectivity index (χ0n) is 28.7. The summed E-state index contributed by atoms with van der Waals surface area (Å²) < 4.78 is 24.4. The van der Waals surface area contributed by atoms with Crippen LogP contribution >= 0.6 is 23.5 Å². The van der Waals surface area contributed by atoms with Crippen molar-refractivity contribution < 1.29 is 18.9 Å². The van der Waals surface area contributed by atoms with Gasteiger partial charge in [-0.15, -0.1) is 0 Å². The molecule has 0 aromatic carbocycles. The molecule has 2 heterocycles. The Morgan fingerprint density at radius 2 is 0.674 bits per heavy atom. The minimum absolute atomic E-state index is 0.0554. The van der Waals surface area contributed by atoms with E-state index in [1.807, 2.05) is 0 Å². The Balaban J connectivity index is 1.31. The van der Waals surface area contributed by atoms with Crippen molar-refractivity contribution in [2.24, 2.45) is 5.41 Å². The molecule has 0 radical (unpaired) electrons. The van der Waals surface area contributed by atoms with Gasteiger partial charge in [0.1, 0.15) is 0 Å². The first-order valence-corrected chi connectivity index (χ1v) is 21.2. The van der Waals surface area contributed by atoms with Gasteiger partial charge in [-0.2, -0.15) is 23.5 Å². The highest BCUT2D eigenvalue weighted by Crippen LogP contribution is 2.32. The third-order valence-corrected chi connectivity index (χ3v) is 11.3. The van der Waals surface area contributed by atoms with E-state index in [-0.39, 0.29) is 18.0 Å². The van der Waals surface area contributed by atoms with Gasteiger partial charge in [0.25, 0.3) is 0 Å². The summed E-state index contributed by atoms with van der Waals surface area (Å²) in [5.74, 6) is 4.80. The van der Waals surface area contributed by atoms with Crippen LogP contribution in [0.3, 0.4) is 0 Å². The standard InChI is InChI=1S/C37H72O4S2/c1-3-5-7-9-11-13-15-17-19-21-23-27-42-29-25-35-38-31-37(32-39-35)33-40-36(41-34-37)26-30-43-28-24-22-20-18-16-14-12-10-8-6-4-2/h35-36H,3-34H2,1-2H3. The average molecular weight is 645 g/mol. The van der Waals surface area contributed by atoms with E-state index >= 15 is 0 Å². The molecule has 2 fully saturated rings. The summed E-state index contributed by atoms with van der Waals surface area (Å²) in [6, 6.07) is 0. The van der Waals surface area contributed by atoms with Gasteiger partial charge in [-0.05, 0) is 35.9 Å². The number of unbranched alkanes of at least 4 members (excludes halogenated alkanes) is 20. The first kappa shape index (κ1) is 39.7. The summed E-state index contributed by atoms with van der Waals surface area (Å²) in [5, 5.41) is 0. The molecule has 2 aliphatic rings. The van der Waals surface area contributed by atoms with Gasteiger partial charge in [-0.3, -0.25) is 0 Å². The lowest BCUT2D eigenvalue weighted by atomic mass is 9.90. The summed E-state index contributed by atoms with van der Waals surface area (Å²) in [6.45, 7) is 7.37. The van der Waals surface area contributed by atoms with Crippen LogP contribution in [0.4, 0.5) is 0 Å². The van der Waals surface area contributed by atoms with Gasteiger partial charge >= 0.3 is 0 Å². The minimum atomic E-state index is -0.113. The molecule has 0 aromatic heterocycles. The lowest BCUT2D eigenvalue weighted by Gasteiger charge is -2.43. The summed E-state index contributed by atoms with van der Waals surface area (Å²) in [6.07, 6.45) is 33.0. The molecule has 0 unspecified atom stereocenters. The molecule has 2 saturated heterocycles. The van der Waals surface area contributed by atoms with Crippen molar-refractivity contribution in [1.29, 1.82) is 0 Å². The summed E-state index contributed by atoms with van der Waals surface area (Å²) in [4.78, 5) is 0. The van der Waals surface area contributed by atoms with E-state index in [9.17, 15) is 0 Å². The van der Waals surface area contributed by atoms with Gasteiger partial charge in [0.2, 0.25) is 0 Å². The van der Waals surface area contributed by atoms with E-state index in [1.54, 1.807) is 0 Å². The van der Waals surface area contributed by atoms with E-state index in [2.05, 4.69) is 37.4 Å². The van der Waals surface area contributed by atoms with E-state index in [0.29, 0.717) is 26.4 Å². The van der Waals surface area contributed by atoms with Gasteiger partial charge in [0.15, 0.2) is 12.6 Å². The van der Waals surface area contributed by atoms with Crippen LogP contribution < -0.4 is 0 Å². The maximum absolute atomic E-state index is 6.11. The number of ether oxygens (including phenoxy) is 4. The normalized spacial score (nSPS) is 22.5. The molecule has 4 nitrogen and oxygen atoms in total. The molecule has 0 amide bonds. The lowest BCUT2D eigenvalue weighted by Crippen LogP contribution is -2.52. The Kier molecular flexibility index (Phi) is 26.5. The molecule has 43 heavy (non-hydrogen) atoms. The van der Waals surface area contributed by atoms with Crippen LogP contribution in [-0.4, -0.2) is 62.0 Å². The van der Waals surface area contributed by atoms with Gasteiger partial charge in [0, 0.05) is 12.8 Å². The van der Waals surface area contributed by atoms with Crippen LogP contribution in [0.5, 0.6) is 0 Å². The van der Waals surface area contributed by atoms with Crippen molar-refractivity contribution in [2.75, 3.05) is 49.4 Å². The Hall–Kier alpha value is 0.540. The fraction of sp³-hybridized carbons (Fsp3) is 1.00. The topological polar surface area (TPSA) is 36.9 Å². The van der Waals surface area contributed by atoms with Crippen molar-refractivity contribution in [2.45, 2.75) is 181 Å². The van der Waals surface area contributed by atoms with Gasteiger partial charge in [0.05, 0.1) is 31.8 Å². The molecule has 0 aromatic rings. The van der Waals surface area contributed by atoms with E-state index in [1.165, 1.54) is 153 Å². The molecule has 1 spiro atoms. The summed E-state index contributed by atoms with van der Waals surface area (Å²) in [7, 11) is 0. The highest BCUT2D eigenvalue weighted by Gasteiger charge is 2.41. The zero-order valence-corrected chi connectivity index (χ0v) is 30.4. The molecule has 0 aliphatic carbocycles. The van der Waals surface area contributed by atoms with Crippen LogP contribution in [0.25, 0.3) is 0 Å². The molecule has 0 atom stereocenters. The number of hydrogen-bond donors (Lipinski definition) is 0. The second-order valence-corrected chi connectivity index (χ2v) is 15.9. The lowest BCUT2D eigenvalue weighted by molar-refractivity contribution is -0.302. The maximum atomic E-state index is 6.11. The van der Waals surface area contributed by atoms with Crippen molar-refractivity contribution in [3.8, 4) is 0 Å². The number of thioether (sulfide) groups is 2. The second kappa shape index (κ2) is 28.7. The first-order valence-electron chi connectivity index (χ1n) is 18.9. The third kappa shape index (κ3) is 21.9. The van der Waals surface area contributed by atoms with Crippen LogP contribution in [0, 0.1) is 5.41 Å². The van der Waals surface area contributed by atoms with E-state index < -0.39 is 0 Å². The fourth-order valence-electron chi connectivity index (χ4n) is 6.06. The average Bonchev–Trinajstić information content (AvgIpc) is 3.03. The van der Waals surface area contributed by atoms with Crippen LogP contribution in [0.2, 0.25) is 0 Å². The van der Waals surface area contributed by atoms with Crippen LogP contribution in [-0.2, 0) is 18.9 Å². The molecule has 2 aliphatic heterocycles. The quantitative estimate of drug-likeness (QED) is 0.0724.